The third-order valence-electron chi connectivity index (χ3n) is 4.53. The second-order valence-corrected chi connectivity index (χ2v) is 7.23. The number of hydrogen-bond acceptors (Lipinski definition) is 2. The van der Waals surface area contributed by atoms with Gasteiger partial charge in [0.15, 0.2) is 0 Å². The Labute approximate surface area is 147 Å². The van der Waals surface area contributed by atoms with Gasteiger partial charge >= 0.3 is 0 Å². The zero-order valence-electron chi connectivity index (χ0n) is 14.7. The molecule has 0 saturated carbocycles. The minimum atomic E-state index is 0.832. The molecule has 128 valence electrons. The summed E-state index contributed by atoms with van der Waals surface area (Å²) in [6, 6.07) is 8.22. The highest BCUT2D eigenvalue weighted by molar-refractivity contribution is 6.30. The number of halogens is 1. The number of allylic oxidation sites excluding steroid dienone is 2. The van der Waals surface area contributed by atoms with Crippen molar-refractivity contribution in [1.82, 2.24) is 4.90 Å². The quantitative estimate of drug-likeness (QED) is 0.465. The third-order valence-corrected chi connectivity index (χ3v) is 4.76. The van der Waals surface area contributed by atoms with Crippen molar-refractivity contribution in [2.75, 3.05) is 37.6 Å². The summed E-state index contributed by atoms with van der Waals surface area (Å²) in [6.07, 6.45) is 9.02. The van der Waals surface area contributed by atoms with E-state index in [4.69, 9.17) is 11.6 Å². The van der Waals surface area contributed by atoms with Crippen LogP contribution in [0.2, 0.25) is 5.02 Å². The van der Waals surface area contributed by atoms with Crippen molar-refractivity contribution in [3.05, 3.63) is 40.9 Å². The zero-order chi connectivity index (χ0) is 16.5. The average Bonchev–Trinajstić information content (AvgIpc) is 2.54. The molecule has 3 heteroatoms. The molecule has 1 aromatic rings. The van der Waals surface area contributed by atoms with Crippen molar-refractivity contribution in [1.29, 1.82) is 0 Å². The number of benzene rings is 1. The average molecular weight is 335 g/mol. The van der Waals surface area contributed by atoms with Crippen LogP contribution in [-0.4, -0.2) is 37.6 Å². The topological polar surface area (TPSA) is 6.48 Å². The number of unbranched alkanes of at least 4 members (excludes halogenated alkanes) is 4. The lowest BCUT2D eigenvalue weighted by atomic mass is 10.1. The van der Waals surface area contributed by atoms with Gasteiger partial charge in [0.1, 0.15) is 0 Å². The normalized spacial score (nSPS) is 15.7. The Morgan fingerprint density at radius 1 is 1.04 bits per heavy atom. The molecule has 0 amide bonds. The van der Waals surface area contributed by atoms with E-state index in [-0.39, 0.29) is 0 Å². The number of anilines is 1. The van der Waals surface area contributed by atoms with Crippen molar-refractivity contribution in [3.63, 3.8) is 0 Å². The van der Waals surface area contributed by atoms with Gasteiger partial charge < -0.3 is 4.90 Å². The molecule has 0 atom stereocenters. The van der Waals surface area contributed by atoms with E-state index >= 15 is 0 Å². The molecule has 0 bridgehead atoms. The van der Waals surface area contributed by atoms with Gasteiger partial charge in [-0.25, -0.2) is 0 Å². The first-order chi connectivity index (χ1) is 11.1. The van der Waals surface area contributed by atoms with Gasteiger partial charge in [0.25, 0.3) is 0 Å². The second-order valence-electron chi connectivity index (χ2n) is 6.79. The van der Waals surface area contributed by atoms with Crippen LogP contribution in [0.15, 0.2) is 35.9 Å². The number of hydrogen-bond donors (Lipinski definition) is 0. The Bertz CT molecular complexity index is 486. The van der Waals surface area contributed by atoms with Crippen LogP contribution in [0.3, 0.4) is 0 Å². The van der Waals surface area contributed by atoms with E-state index < -0.39 is 0 Å². The van der Waals surface area contributed by atoms with Crippen LogP contribution in [0.25, 0.3) is 0 Å². The molecule has 0 aliphatic carbocycles. The van der Waals surface area contributed by atoms with E-state index in [0.717, 1.165) is 18.1 Å². The Kier molecular flexibility index (Phi) is 7.98. The molecular weight excluding hydrogens is 304 g/mol. The molecule has 0 unspecified atom stereocenters. The monoisotopic (exact) mass is 334 g/mol. The standard InChI is InChI=1S/C20H31ClN2/c1-18(2)9-6-4-3-5-7-12-22-13-15-23(16-14-22)20-11-8-10-19(21)17-20/h8-11,17H,3-7,12-16H2,1-2H3. The fraction of sp³-hybridized carbons (Fsp3) is 0.600. The molecule has 1 heterocycles. The lowest BCUT2D eigenvalue weighted by Crippen LogP contribution is -2.46. The van der Waals surface area contributed by atoms with Gasteiger partial charge in [0.05, 0.1) is 0 Å². The van der Waals surface area contributed by atoms with Crippen molar-refractivity contribution in [2.45, 2.75) is 46.0 Å². The van der Waals surface area contributed by atoms with E-state index in [0.29, 0.717) is 0 Å². The predicted molar refractivity (Wildman–Crippen MR) is 103 cm³/mol. The summed E-state index contributed by atoms with van der Waals surface area (Å²) in [6.45, 7) is 10.2. The molecule has 1 aromatic carbocycles. The van der Waals surface area contributed by atoms with Crippen LogP contribution in [0.5, 0.6) is 0 Å². The number of piperazine rings is 1. The summed E-state index contributed by atoms with van der Waals surface area (Å²) >= 11 is 6.09. The summed E-state index contributed by atoms with van der Waals surface area (Å²) in [5.74, 6) is 0. The second kappa shape index (κ2) is 10.00. The van der Waals surface area contributed by atoms with E-state index in [2.05, 4.69) is 41.9 Å². The highest BCUT2D eigenvalue weighted by Crippen LogP contribution is 2.20. The molecule has 23 heavy (non-hydrogen) atoms. The van der Waals surface area contributed by atoms with E-state index in [1.165, 1.54) is 63.0 Å². The van der Waals surface area contributed by atoms with Gasteiger partial charge in [-0.2, -0.15) is 0 Å². The summed E-state index contributed by atoms with van der Waals surface area (Å²) in [7, 11) is 0. The Morgan fingerprint density at radius 3 is 2.48 bits per heavy atom. The van der Waals surface area contributed by atoms with Crippen molar-refractivity contribution in [2.24, 2.45) is 0 Å². The molecule has 0 aromatic heterocycles. The first kappa shape index (κ1) is 18.4. The number of rotatable bonds is 8. The van der Waals surface area contributed by atoms with Crippen LogP contribution < -0.4 is 4.90 Å². The summed E-state index contributed by atoms with van der Waals surface area (Å²) < 4.78 is 0. The molecule has 2 rings (SSSR count). The number of nitrogens with zero attached hydrogens (tertiary/aromatic N) is 2. The molecule has 1 aliphatic rings. The lowest BCUT2D eigenvalue weighted by molar-refractivity contribution is 0.252. The van der Waals surface area contributed by atoms with Crippen LogP contribution in [-0.2, 0) is 0 Å². The fourth-order valence-corrected chi connectivity index (χ4v) is 3.31. The molecule has 0 N–H and O–H groups in total. The third kappa shape index (κ3) is 6.97. The summed E-state index contributed by atoms with van der Waals surface area (Å²) in [5.41, 5.74) is 2.71. The van der Waals surface area contributed by atoms with E-state index in [1.807, 2.05) is 12.1 Å². The predicted octanol–water partition coefficient (Wildman–Crippen LogP) is 5.38. The van der Waals surface area contributed by atoms with Gasteiger partial charge in [-0.1, -0.05) is 42.2 Å². The Morgan fingerprint density at radius 2 is 1.78 bits per heavy atom. The van der Waals surface area contributed by atoms with Crippen LogP contribution >= 0.6 is 11.6 Å². The maximum Gasteiger partial charge on any atom is 0.0426 e. The minimum Gasteiger partial charge on any atom is -0.369 e. The molecule has 0 spiro atoms. The first-order valence-corrected chi connectivity index (χ1v) is 9.39. The highest BCUT2D eigenvalue weighted by Gasteiger charge is 2.16. The van der Waals surface area contributed by atoms with E-state index in [9.17, 15) is 0 Å². The molecule has 1 aliphatic heterocycles. The van der Waals surface area contributed by atoms with Crippen molar-refractivity contribution < 1.29 is 0 Å². The van der Waals surface area contributed by atoms with Crippen LogP contribution in [0.1, 0.15) is 46.0 Å². The maximum atomic E-state index is 6.09. The molecule has 0 radical (unpaired) electrons. The smallest absolute Gasteiger partial charge is 0.0426 e. The van der Waals surface area contributed by atoms with Crippen LogP contribution in [0.4, 0.5) is 5.69 Å². The van der Waals surface area contributed by atoms with Crippen molar-refractivity contribution in [3.8, 4) is 0 Å². The largest absolute Gasteiger partial charge is 0.369 e. The molecule has 2 nitrogen and oxygen atoms in total. The van der Waals surface area contributed by atoms with Gasteiger partial charge in [0, 0.05) is 36.9 Å². The van der Waals surface area contributed by atoms with Gasteiger partial charge in [0.2, 0.25) is 0 Å². The van der Waals surface area contributed by atoms with Gasteiger partial charge in [-0.3, -0.25) is 4.90 Å². The molecular formula is C20H31ClN2. The Hall–Kier alpha value is -0.990. The van der Waals surface area contributed by atoms with Gasteiger partial charge in [-0.15, -0.1) is 0 Å². The highest BCUT2D eigenvalue weighted by atomic mass is 35.5. The Balaban J connectivity index is 1.57. The van der Waals surface area contributed by atoms with E-state index in [1.54, 1.807) is 0 Å². The van der Waals surface area contributed by atoms with Crippen molar-refractivity contribution >= 4 is 17.3 Å². The summed E-state index contributed by atoms with van der Waals surface area (Å²) in [5, 5.41) is 0.832. The fourth-order valence-electron chi connectivity index (χ4n) is 3.13. The lowest BCUT2D eigenvalue weighted by Gasteiger charge is -2.36. The molecule has 1 fully saturated rings. The van der Waals surface area contributed by atoms with Crippen LogP contribution in [0, 0.1) is 0 Å². The minimum absolute atomic E-state index is 0.832. The van der Waals surface area contributed by atoms with Gasteiger partial charge in [-0.05, 0) is 57.9 Å². The molecule has 1 saturated heterocycles. The maximum absolute atomic E-state index is 6.09. The zero-order valence-corrected chi connectivity index (χ0v) is 15.5. The first-order valence-electron chi connectivity index (χ1n) is 9.01. The summed E-state index contributed by atoms with van der Waals surface area (Å²) in [4.78, 5) is 5.05. The SMILES string of the molecule is CC(C)=CCCCCCCN1CCN(c2cccc(Cl)c2)CC1.